The van der Waals surface area contributed by atoms with Crippen LogP contribution in [0.1, 0.15) is 10.4 Å². The molecule has 0 aliphatic carbocycles. The number of benzene rings is 1. The molecule has 7 heteroatoms. The van der Waals surface area contributed by atoms with Gasteiger partial charge in [0.15, 0.2) is 0 Å². The molecule has 1 aromatic rings. The molecular weight excluding hydrogens is 278 g/mol. The summed E-state index contributed by atoms with van der Waals surface area (Å²) in [6, 6.07) is 4.19. The molecule has 0 atom stereocenters. The van der Waals surface area contributed by atoms with E-state index >= 15 is 0 Å². The van der Waals surface area contributed by atoms with E-state index in [4.69, 9.17) is 5.73 Å². The van der Waals surface area contributed by atoms with Crippen molar-refractivity contribution in [3.63, 3.8) is 0 Å². The van der Waals surface area contributed by atoms with Crippen LogP contribution in [0.2, 0.25) is 0 Å². The highest BCUT2D eigenvalue weighted by Crippen LogP contribution is 2.25. The van der Waals surface area contributed by atoms with Crippen LogP contribution in [0.15, 0.2) is 22.7 Å². The van der Waals surface area contributed by atoms with E-state index in [-0.39, 0.29) is 17.2 Å². The molecule has 0 aliphatic heterocycles. The van der Waals surface area contributed by atoms with Gasteiger partial charge in [0, 0.05) is 24.7 Å². The lowest BCUT2D eigenvalue weighted by Gasteiger charge is -2.03. The predicted molar refractivity (Wildman–Crippen MR) is 62.2 cm³/mol. The summed E-state index contributed by atoms with van der Waals surface area (Å²) < 4.78 is 0.341. The van der Waals surface area contributed by atoms with Gasteiger partial charge < -0.3 is 11.1 Å². The van der Waals surface area contributed by atoms with E-state index in [1.54, 1.807) is 0 Å². The predicted octanol–water partition coefficient (Wildman–Crippen LogP) is 1.05. The molecule has 1 aromatic carbocycles. The Kier molecular flexibility index (Phi) is 4.39. The number of halogens is 1. The Labute approximate surface area is 100 Å². The quantitative estimate of drug-likeness (QED) is 0.639. The number of nitrogens with zero attached hydrogens (tertiary/aromatic N) is 1. The van der Waals surface area contributed by atoms with Crippen LogP contribution in [0.4, 0.5) is 5.69 Å². The summed E-state index contributed by atoms with van der Waals surface area (Å²) in [5.41, 5.74) is 5.33. The summed E-state index contributed by atoms with van der Waals surface area (Å²) in [5.74, 6) is -0.374. The Bertz CT molecular complexity index is 422. The van der Waals surface area contributed by atoms with Crippen molar-refractivity contribution in [2.24, 2.45) is 5.73 Å². The van der Waals surface area contributed by atoms with Crippen LogP contribution in [0.3, 0.4) is 0 Å². The molecule has 0 saturated heterocycles. The Morgan fingerprint density at radius 1 is 1.56 bits per heavy atom. The Balaban J connectivity index is 2.94. The molecule has 0 fully saturated rings. The fourth-order valence-electron chi connectivity index (χ4n) is 1.08. The highest BCUT2D eigenvalue weighted by Gasteiger charge is 2.15. The molecule has 0 aromatic heterocycles. The van der Waals surface area contributed by atoms with Crippen LogP contribution >= 0.6 is 15.9 Å². The number of carbonyl (C=O) groups is 1. The van der Waals surface area contributed by atoms with Crippen molar-refractivity contribution >= 4 is 27.5 Å². The van der Waals surface area contributed by atoms with Gasteiger partial charge in [-0.05, 0) is 28.1 Å². The van der Waals surface area contributed by atoms with Gasteiger partial charge in [-0.15, -0.1) is 0 Å². The van der Waals surface area contributed by atoms with Gasteiger partial charge in [0.05, 0.1) is 9.40 Å². The van der Waals surface area contributed by atoms with Gasteiger partial charge in [-0.25, -0.2) is 0 Å². The van der Waals surface area contributed by atoms with Gasteiger partial charge in [-0.1, -0.05) is 0 Å². The zero-order chi connectivity index (χ0) is 12.1. The maximum Gasteiger partial charge on any atom is 0.284 e. The second kappa shape index (κ2) is 5.57. The monoisotopic (exact) mass is 287 g/mol. The highest BCUT2D eigenvalue weighted by molar-refractivity contribution is 9.10. The van der Waals surface area contributed by atoms with E-state index in [0.29, 0.717) is 17.6 Å². The smallest absolute Gasteiger partial charge is 0.284 e. The topological polar surface area (TPSA) is 98.3 Å². The molecule has 3 N–H and O–H groups in total. The van der Waals surface area contributed by atoms with Gasteiger partial charge >= 0.3 is 0 Å². The van der Waals surface area contributed by atoms with Crippen molar-refractivity contribution < 1.29 is 9.72 Å². The van der Waals surface area contributed by atoms with E-state index in [9.17, 15) is 14.9 Å². The normalized spacial score (nSPS) is 9.88. The van der Waals surface area contributed by atoms with Crippen molar-refractivity contribution in [1.29, 1.82) is 0 Å². The second-order valence-corrected chi connectivity index (χ2v) is 3.82. The summed E-state index contributed by atoms with van der Waals surface area (Å²) in [4.78, 5) is 21.6. The molecule has 0 bridgehead atoms. The fourth-order valence-corrected chi connectivity index (χ4v) is 1.47. The molecule has 16 heavy (non-hydrogen) atoms. The summed E-state index contributed by atoms with van der Waals surface area (Å²) >= 11 is 3.04. The number of nitro benzene ring substituents is 1. The molecular formula is C9H10BrN3O3. The third-order valence-corrected chi connectivity index (χ3v) is 2.51. The number of amides is 1. The highest BCUT2D eigenvalue weighted by atomic mass is 79.9. The van der Waals surface area contributed by atoms with E-state index < -0.39 is 4.92 Å². The van der Waals surface area contributed by atoms with E-state index in [2.05, 4.69) is 21.2 Å². The van der Waals surface area contributed by atoms with Crippen molar-refractivity contribution in [3.8, 4) is 0 Å². The molecule has 0 unspecified atom stereocenters. The van der Waals surface area contributed by atoms with Crippen molar-refractivity contribution in [1.82, 2.24) is 5.32 Å². The number of nitro groups is 1. The van der Waals surface area contributed by atoms with Gasteiger partial charge in [-0.2, -0.15) is 0 Å². The standard InChI is InChI=1S/C9H10BrN3O3/c10-7-2-1-6(5-8(7)13(15)16)9(14)12-4-3-11/h1-2,5H,3-4,11H2,(H,12,14). The minimum absolute atomic E-state index is 0.139. The van der Waals surface area contributed by atoms with Crippen LogP contribution in [0.25, 0.3) is 0 Å². The minimum atomic E-state index is -0.552. The van der Waals surface area contributed by atoms with Gasteiger partial charge in [0.25, 0.3) is 11.6 Å². The Hall–Kier alpha value is -1.47. The lowest BCUT2D eigenvalue weighted by Crippen LogP contribution is -2.28. The average Bonchev–Trinajstić information content (AvgIpc) is 2.26. The molecule has 0 heterocycles. The number of rotatable bonds is 4. The van der Waals surface area contributed by atoms with Gasteiger partial charge in [-0.3, -0.25) is 14.9 Å². The number of nitrogens with one attached hydrogen (secondary N) is 1. The first-order valence-corrected chi connectivity index (χ1v) is 5.27. The Morgan fingerprint density at radius 2 is 2.25 bits per heavy atom. The third kappa shape index (κ3) is 3.01. The number of hydrogen-bond acceptors (Lipinski definition) is 4. The van der Waals surface area contributed by atoms with E-state index in [0.717, 1.165) is 0 Å². The summed E-state index contributed by atoms with van der Waals surface area (Å²) in [6.45, 7) is 0.660. The van der Waals surface area contributed by atoms with E-state index in [1.165, 1.54) is 18.2 Å². The first-order chi connectivity index (χ1) is 7.56. The molecule has 0 radical (unpaired) electrons. The maximum absolute atomic E-state index is 11.5. The number of nitrogens with two attached hydrogens (primary N) is 1. The largest absolute Gasteiger partial charge is 0.351 e. The summed E-state index contributed by atoms with van der Waals surface area (Å²) in [6.07, 6.45) is 0. The number of hydrogen-bond donors (Lipinski definition) is 2. The number of carbonyl (C=O) groups excluding carboxylic acids is 1. The summed E-state index contributed by atoms with van der Waals surface area (Å²) in [5, 5.41) is 13.2. The van der Waals surface area contributed by atoms with Crippen LogP contribution in [-0.2, 0) is 0 Å². The average molecular weight is 288 g/mol. The second-order valence-electron chi connectivity index (χ2n) is 2.97. The lowest BCUT2D eigenvalue weighted by atomic mass is 10.2. The zero-order valence-electron chi connectivity index (χ0n) is 8.27. The molecule has 1 amide bonds. The van der Waals surface area contributed by atoms with Gasteiger partial charge in [0.1, 0.15) is 0 Å². The summed E-state index contributed by atoms with van der Waals surface area (Å²) in [7, 11) is 0. The van der Waals surface area contributed by atoms with E-state index in [1.807, 2.05) is 0 Å². The molecule has 6 nitrogen and oxygen atoms in total. The third-order valence-electron chi connectivity index (χ3n) is 1.83. The van der Waals surface area contributed by atoms with Crippen molar-refractivity contribution in [2.45, 2.75) is 0 Å². The van der Waals surface area contributed by atoms with Crippen LogP contribution in [0.5, 0.6) is 0 Å². The molecule has 0 saturated carbocycles. The fraction of sp³-hybridized carbons (Fsp3) is 0.222. The van der Waals surface area contributed by atoms with Crippen LogP contribution in [-0.4, -0.2) is 23.9 Å². The molecule has 86 valence electrons. The van der Waals surface area contributed by atoms with Crippen molar-refractivity contribution in [3.05, 3.63) is 38.3 Å². The van der Waals surface area contributed by atoms with Crippen molar-refractivity contribution in [2.75, 3.05) is 13.1 Å². The maximum atomic E-state index is 11.5. The van der Waals surface area contributed by atoms with Crippen LogP contribution < -0.4 is 11.1 Å². The molecule has 0 spiro atoms. The molecule has 1 rings (SSSR count). The van der Waals surface area contributed by atoms with Crippen LogP contribution in [0, 0.1) is 10.1 Å². The first-order valence-electron chi connectivity index (χ1n) is 4.48. The lowest BCUT2D eigenvalue weighted by molar-refractivity contribution is -0.385. The first kappa shape index (κ1) is 12.6. The molecule has 0 aliphatic rings. The minimum Gasteiger partial charge on any atom is -0.351 e. The SMILES string of the molecule is NCCNC(=O)c1ccc(Br)c([N+](=O)[O-])c1. The van der Waals surface area contributed by atoms with Gasteiger partial charge in [0.2, 0.25) is 0 Å². The zero-order valence-corrected chi connectivity index (χ0v) is 9.86. The Morgan fingerprint density at radius 3 is 2.81 bits per heavy atom.